The van der Waals surface area contributed by atoms with Crippen molar-refractivity contribution in [2.24, 2.45) is 0 Å². The van der Waals surface area contributed by atoms with Crippen LogP contribution in [0.4, 0.5) is 0 Å². The number of aliphatic hydroxyl groups is 2. The Hall–Kier alpha value is -2.32. The maximum absolute atomic E-state index is 10.4. The van der Waals surface area contributed by atoms with Crippen molar-refractivity contribution >= 4 is 22.6 Å². The fourth-order valence-electron chi connectivity index (χ4n) is 3.55. The van der Waals surface area contributed by atoms with Gasteiger partial charge in [-0.1, -0.05) is 23.7 Å². The van der Waals surface area contributed by atoms with Crippen LogP contribution in [0.25, 0.3) is 11.0 Å². The van der Waals surface area contributed by atoms with Gasteiger partial charge in [-0.2, -0.15) is 0 Å². The highest BCUT2D eigenvalue weighted by atomic mass is 35.5. The van der Waals surface area contributed by atoms with E-state index in [1.165, 1.54) is 0 Å². The molecule has 29 heavy (non-hydrogen) atoms. The molecule has 2 aromatic carbocycles. The third kappa shape index (κ3) is 4.18. The second kappa shape index (κ2) is 8.59. The van der Waals surface area contributed by atoms with Gasteiger partial charge in [0.1, 0.15) is 36.4 Å². The van der Waals surface area contributed by atoms with Crippen molar-refractivity contribution in [3.63, 3.8) is 0 Å². The first kappa shape index (κ1) is 20.0. The van der Waals surface area contributed by atoms with Crippen LogP contribution in [0.5, 0.6) is 11.5 Å². The summed E-state index contributed by atoms with van der Waals surface area (Å²) in [4.78, 5) is 4.37. The first-order valence-electron chi connectivity index (χ1n) is 9.44. The summed E-state index contributed by atoms with van der Waals surface area (Å²) in [6.45, 7) is 0.696. The largest absolute Gasteiger partial charge is 0.497 e. The van der Waals surface area contributed by atoms with E-state index in [1.807, 2.05) is 28.8 Å². The number of methoxy groups -OCH3 is 1. The number of aromatic nitrogens is 2. The van der Waals surface area contributed by atoms with Gasteiger partial charge in [0, 0.05) is 12.6 Å². The van der Waals surface area contributed by atoms with Crippen LogP contribution in [-0.4, -0.2) is 57.9 Å². The van der Waals surface area contributed by atoms with Gasteiger partial charge in [0.15, 0.2) is 0 Å². The number of hydrogen-bond acceptors (Lipinski definition) is 6. The Morgan fingerprint density at radius 1 is 1.14 bits per heavy atom. The molecule has 154 valence electrons. The lowest BCUT2D eigenvalue weighted by atomic mass is 10.1. The molecular weight excluding hydrogens is 396 g/mol. The van der Waals surface area contributed by atoms with E-state index in [0.717, 1.165) is 11.0 Å². The lowest BCUT2D eigenvalue weighted by molar-refractivity contribution is -0.0194. The standard InChI is InChI=1S/C21H23ClN2O5/c1-27-13-6-7-17(14(22)10-13)28-11-19-21(26)20(25)18(29-19)8-9-24-12-23-15-4-2-3-5-16(15)24/h2-7,10,12,18-21,25-26H,8-9,11H2,1H3/t18-,19-,20-,21+/m1/s1. The number of hydrogen-bond donors (Lipinski definition) is 2. The number of rotatable bonds is 7. The van der Waals surface area contributed by atoms with Crippen molar-refractivity contribution in [3.8, 4) is 11.5 Å². The molecule has 4 atom stereocenters. The van der Waals surface area contributed by atoms with Gasteiger partial charge >= 0.3 is 0 Å². The molecule has 8 heteroatoms. The molecule has 1 aliphatic rings. The van der Waals surface area contributed by atoms with E-state index >= 15 is 0 Å². The molecule has 0 saturated carbocycles. The predicted octanol–water partition coefficient (Wildman–Crippen LogP) is 2.66. The average molecular weight is 419 g/mol. The molecule has 3 aromatic rings. The summed E-state index contributed by atoms with van der Waals surface area (Å²) in [6.07, 6.45) is -0.840. The number of aliphatic hydroxyl groups excluding tert-OH is 2. The van der Waals surface area contributed by atoms with Crippen LogP contribution in [0, 0.1) is 0 Å². The van der Waals surface area contributed by atoms with E-state index in [4.69, 9.17) is 25.8 Å². The number of halogens is 1. The van der Waals surface area contributed by atoms with Gasteiger partial charge in [-0.05, 0) is 30.7 Å². The van der Waals surface area contributed by atoms with E-state index < -0.39 is 24.4 Å². The van der Waals surface area contributed by atoms with E-state index in [1.54, 1.807) is 31.6 Å². The van der Waals surface area contributed by atoms with Gasteiger partial charge in [-0.3, -0.25) is 0 Å². The lowest BCUT2D eigenvalue weighted by Crippen LogP contribution is -2.35. The zero-order valence-corrected chi connectivity index (χ0v) is 16.7. The van der Waals surface area contributed by atoms with Crippen molar-refractivity contribution in [2.45, 2.75) is 37.4 Å². The summed E-state index contributed by atoms with van der Waals surface area (Å²) >= 11 is 6.18. The molecule has 7 nitrogen and oxygen atoms in total. The van der Waals surface area contributed by atoms with E-state index in [2.05, 4.69) is 4.98 Å². The normalized spacial score (nSPS) is 24.1. The van der Waals surface area contributed by atoms with Gasteiger partial charge in [0.25, 0.3) is 0 Å². The van der Waals surface area contributed by atoms with Crippen molar-refractivity contribution in [3.05, 3.63) is 53.8 Å². The Morgan fingerprint density at radius 3 is 2.72 bits per heavy atom. The first-order chi connectivity index (χ1) is 14.1. The first-order valence-corrected chi connectivity index (χ1v) is 9.82. The maximum Gasteiger partial charge on any atom is 0.138 e. The molecule has 4 rings (SSSR count). The summed E-state index contributed by atoms with van der Waals surface area (Å²) < 4.78 is 18.7. The second-order valence-electron chi connectivity index (χ2n) is 7.02. The van der Waals surface area contributed by atoms with Crippen LogP contribution in [-0.2, 0) is 11.3 Å². The Labute approximate surface area is 173 Å². The van der Waals surface area contributed by atoms with Gasteiger partial charge in [-0.25, -0.2) is 4.98 Å². The SMILES string of the molecule is COc1ccc(OC[C@H]2O[C@H](CCn3cnc4ccccc43)[C@@H](O)[C@H]2O)c(Cl)c1. The Balaban J connectivity index is 1.35. The summed E-state index contributed by atoms with van der Waals surface area (Å²) in [5.41, 5.74) is 1.94. The molecule has 1 aromatic heterocycles. The number of para-hydroxylation sites is 2. The smallest absolute Gasteiger partial charge is 0.138 e. The molecule has 0 bridgehead atoms. The molecule has 0 spiro atoms. The topological polar surface area (TPSA) is 86.0 Å². The molecule has 0 radical (unpaired) electrons. The fraction of sp³-hybridized carbons (Fsp3) is 0.381. The number of fused-ring (bicyclic) bond motifs is 1. The van der Waals surface area contributed by atoms with Crippen LogP contribution in [0.2, 0.25) is 5.02 Å². The quantitative estimate of drug-likeness (QED) is 0.613. The summed E-state index contributed by atoms with van der Waals surface area (Å²) in [6, 6.07) is 12.9. The number of imidazole rings is 1. The third-order valence-corrected chi connectivity index (χ3v) is 5.48. The van der Waals surface area contributed by atoms with E-state index in [-0.39, 0.29) is 6.61 Å². The highest BCUT2D eigenvalue weighted by molar-refractivity contribution is 6.32. The number of benzene rings is 2. The minimum Gasteiger partial charge on any atom is -0.497 e. The minimum absolute atomic E-state index is 0.0782. The molecule has 1 aliphatic heterocycles. The molecular formula is C21H23ClN2O5. The van der Waals surface area contributed by atoms with Gasteiger partial charge in [0.2, 0.25) is 0 Å². The highest BCUT2D eigenvalue weighted by Crippen LogP contribution is 2.30. The zero-order chi connectivity index (χ0) is 20.4. The summed E-state index contributed by atoms with van der Waals surface area (Å²) in [5.74, 6) is 1.09. The van der Waals surface area contributed by atoms with Crippen molar-refractivity contribution in [1.82, 2.24) is 9.55 Å². The van der Waals surface area contributed by atoms with Crippen molar-refractivity contribution < 1.29 is 24.4 Å². The van der Waals surface area contributed by atoms with E-state index in [9.17, 15) is 10.2 Å². The third-order valence-electron chi connectivity index (χ3n) is 5.19. The van der Waals surface area contributed by atoms with Crippen molar-refractivity contribution in [1.29, 1.82) is 0 Å². The Kier molecular flexibility index (Phi) is 5.91. The molecule has 0 unspecified atom stereocenters. The van der Waals surface area contributed by atoms with Gasteiger partial charge in [0.05, 0.1) is 35.6 Å². The molecule has 2 heterocycles. The molecule has 0 aliphatic carbocycles. The number of aryl methyl sites for hydroxylation is 1. The van der Waals surface area contributed by atoms with Crippen LogP contribution in [0.15, 0.2) is 48.8 Å². The highest BCUT2D eigenvalue weighted by Gasteiger charge is 2.42. The maximum atomic E-state index is 10.4. The monoisotopic (exact) mass is 418 g/mol. The van der Waals surface area contributed by atoms with Gasteiger partial charge < -0.3 is 29.0 Å². The zero-order valence-electron chi connectivity index (χ0n) is 15.9. The number of ether oxygens (including phenoxy) is 3. The molecule has 1 fully saturated rings. The summed E-state index contributed by atoms with van der Waals surface area (Å²) in [5, 5.41) is 21.2. The van der Waals surface area contributed by atoms with Crippen LogP contribution < -0.4 is 9.47 Å². The van der Waals surface area contributed by atoms with Crippen molar-refractivity contribution in [2.75, 3.05) is 13.7 Å². The van der Waals surface area contributed by atoms with E-state index in [0.29, 0.717) is 29.5 Å². The summed E-state index contributed by atoms with van der Waals surface area (Å²) in [7, 11) is 1.56. The van der Waals surface area contributed by atoms with Gasteiger partial charge in [-0.15, -0.1) is 0 Å². The second-order valence-corrected chi connectivity index (χ2v) is 7.42. The molecule has 0 amide bonds. The molecule has 1 saturated heterocycles. The van der Waals surface area contributed by atoms with Crippen LogP contribution in [0.1, 0.15) is 6.42 Å². The number of nitrogens with zero attached hydrogens (tertiary/aromatic N) is 2. The predicted molar refractivity (Wildman–Crippen MR) is 109 cm³/mol. The Morgan fingerprint density at radius 2 is 1.93 bits per heavy atom. The fourth-order valence-corrected chi connectivity index (χ4v) is 3.78. The average Bonchev–Trinajstić information content (AvgIpc) is 3.27. The Bertz CT molecular complexity index is 979. The minimum atomic E-state index is -1.03. The lowest BCUT2D eigenvalue weighted by Gasteiger charge is -2.16. The molecule has 2 N–H and O–H groups in total. The van der Waals surface area contributed by atoms with Crippen LogP contribution in [0.3, 0.4) is 0 Å². The van der Waals surface area contributed by atoms with Crippen LogP contribution >= 0.6 is 11.6 Å².